The van der Waals surface area contributed by atoms with E-state index < -0.39 is 0 Å². The summed E-state index contributed by atoms with van der Waals surface area (Å²) in [5.74, 6) is 0. The highest BCUT2D eigenvalue weighted by Gasteiger charge is 1.83. The summed E-state index contributed by atoms with van der Waals surface area (Å²) in [6, 6.07) is 1.99. The molecule has 0 bridgehead atoms. The molecule has 78 valence electrons. The molecule has 0 fully saturated rings. The normalized spacial score (nSPS) is 11.1. The van der Waals surface area contributed by atoms with Gasteiger partial charge >= 0.3 is 0 Å². The fourth-order valence-corrected chi connectivity index (χ4v) is 1.25. The molecule has 0 saturated heterocycles. The maximum Gasteiger partial charge on any atom is 0.0908 e. The molecule has 14 heavy (non-hydrogen) atoms. The fraction of sp³-hybridized carbons (Fsp3) is 0.615. The molecule has 1 heteroatoms. The summed E-state index contributed by atoms with van der Waals surface area (Å²) >= 11 is 0. The average molecular weight is 191 g/mol. The zero-order chi connectivity index (χ0) is 10.5. The predicted molar refractivity (Wildman–Crippen MR) is 61.9 cm³/mol. The lowest BCUT2D eigenvalue weighted by atomic mass is 10.1. The third kappa shape index (κ3) is 11.0. The Balaban J connectivity index is 3.12. The van der Waals surface area contributed by atoms with E-state index >= 15 is 0 Å². The Morgan fingerprint density at radius 2 is 1.64 bits per heavy atom. The summed E-state index contributed by atoms with van der Waals surface area (Å²) in [6.45, 7) is 2.23. The molecule has 1 nitrogen and oxygen atoms in total. The van der Waals surface area contributed by atoms with Crippen LogP contribution >= 0.6 is 0 Å². The maximum absolute atomic E-state index is 8.23. The predicted octanol–water partition coefficient (Wildman–Crippen LogP) is 4.37. The highest BCUT2D eigenvalue weighted by atomic mass is 14.2. The summed E-state index contributed by atoms with van der Waals surface area (Å²) in [4.78, 5) is 0. The third-order valence-corrected chi connectivity index (χ3v) is 2.08. The summed E-state index contributed by atoms with van der Waals surface area (Å²) in [5.41, 5.74) is 0. The van der Waals surface area contributed by atoms with E-state index in [1.54, 1.807) is 6.08 Å². The topological polar surface area (TPSA) is 23.8 Å². The zero-order valence-corrected chi connectivity index (χ0v) is 9.21. The highest BCUT2D eigenvalue weighted by Crippen LogP contribution is 2.03. The number of unbranched alkanes of at least 4 members (excludes halogenated alkanes) is 5. The van der Waals surface area contributed by atoms with E-state index in [1.165, 1.54) is 32.1 Å². The lowest BCUT2D eigenvalue weighted by molar-refractivity contribution is 0.674. The van der Waals surface area contributed by atoms with Gasteiger partial charge in [-0.25, -0.2) is 0 Å². The molecule has 0 heterocycles. The molecule has 0 aliphatic heterocycles. The smallest absolute Gasteiger partial charge is 0.0908 e. The molecule has 0 amide bonds. The van der Waals surface area contributed by atoms with Crippen molar-refractivity contribution in [2.75, 3.05) is 0 Å². The molecular formula is C13H21N. The van der Waals surface area contributed by atoms with Crippen molar-refractivity contribution >= 4 is 0 Å². The van der Waals surface area contributed by atoms with Gasteiger partial charge in [0.1, 0.15) is 0 Å². The second-order valence-electron chi connectivity index (χ2n) is 3.43. The molecular weight excluding hydrogens is 170 g/mol. The largest absolute Gasteiger partial charge is 0.193 e. The Hall–Kier alpha value is -1.03. The molecule has 0 aromatic carbocycles. The van der Waals surface area contributed by atoms with Crippen LogP contribution < -0.4 is 0 Å². The van der Waals surface area contributed by atoms with Gasteiger partial charge in [0.25, 0.3) is 0 Å². The quantitative estimate of drug-likeness (QED) is 0.317. The molecule has 0 aliphatic rings. The van der Waals surface area contributed by atoms with E-state index in [0.717, 1.165) is 12.8 Å². The zero-order valence-electron chi connectivity index (χ0n) is 9.21. The number of rotatable bonds is 8. The van der Waals surface area contributed by atoms with Crippen molar-refractivity contribution in [2.24, 2.45) is 0 Å². The lowest BCUT2D eigenvalue weighted by Gasteiger charge is -1.93. The molecule has 0 spiro atoms. The van der Waals surface area contributed by atoms with E-state index in [2.05, 4.69) is 19.1 Å². The van der Waals surface area contributed by atoms with Gasteiger partial charge in [-0.15, -0.1) is 0 Å². The van der Waals surface area contributed by atoms with Gasteiger partial charge in [-0.3, -0.25) is 0 Å². The molecule has 0 aliphatic carbocycles. The Morgan fingerprint density at radius 3 is 2.36 bits per heavy atom. The van der Waals surface area contributed by atoms with Gasteiger partial charge in [0, 0.05) is 6.08 Å². The van der Waals surface area contributed by atoms with Crippen molar-refractivity contribution < 1.29 is 0 Å². The summed E-state index contributed by atoms with van der Waals surface area (Å²) in [6.07, 6.45) is 16.5. The number of nitriles is 1. The Bertz CT molecular complexity index is 196. The van der Waals surface area contributed by atoms with Gasteiger partial charge in [0.15, 0.2) is 0 Å². The molecule has 0 aromatic heterocycles. The minimum atomic E-state index is 0.985. The lowest BCUT2D eigenvalue weighted by Crippen LogP contribution is -1.73. The van der Waals surface area contributed by atoms with Crippen LogP contribution in [0.4, 0.5) is 0 Å². The molecule has 0 atom stereocenters. The number of nitrogens with zero attached hydrogens (tertiary/aromatic N) is 1. The standard InChI is InChI=1S/C13H21N/c1-2-3-4-5-6-7-8-9-10-11-12-13-14/h7-8,11-12H,2-6,9-10H2,1H3/b8-7+,12-11+. The van der Waals surface area contributed by atoms with Crippen molar-refractivity contribution in [1.82, 2.24) is 0 Å². The van der Waals surface area contributed by atoms with Gasteiger partial charge in [0.2, 0.25) is 0 Å². The van der Waals surface area contributed by atoms with E-state index in [-0.39, 0.29) is 0 Å². The van der Waals surface area contributed by atoms with Crippen LogP contribution in [-0.4, -0.2) is 0 Å². The minimum Gasteiger partial charge on any atom is -0.193 e. The van der Waals surface area contributed by atoms with E-state index in [9.17, 15) is 0 Å². The minimum absolute atomic E-state index is 0.985. The van der Waals surface area contributed by atoms with Crippen LogP contribution in [-0.2, 0) is 0 Å². The Labute approximate surface area is 88.1 Å². The number of allylic oxidation sites excluding steroid dienone is 4. The molecule has 0 unspecified atom stereocenters. The molecule has 0 rings (SSSR count). The van der Waals surface area contributed by atoms with Crippen LogP contribution in [0.1, 0.15) is 51.9 Å². The van der Waals surface area contributed by atoms with Gasteiger partial charge < -0.3 is 0 Å². The monoisotopic (exact) mass is 191 g/mol. The van der Waals surface area contributed by atoms with Crippen molar-refractivity contribution in [3.8, 4) is 6.07 Å². The summed E-state index contributed by atoms with van der Waals surface area (Å²) in [7, 11) is 0. The molecule has 0 saturated carbocycles. The van der Waals surface area contributed by atoms with Crippen LogP contribution in [0.5, 0.6) is 0 Å². The Morgan fingerprint density at radius 1 is 0.929 bits per heavy atom. The van der Waals surface area contributed by atoms with E-state index in [1.807, 2.05) is 12.1 Å². The average Bonchev–Trinajstić information content (AvgIpc) is 2.21. The first-order chi connectivity index (χ1) is 6.91. The first-order valence-corrected chi connectivity index (χ1v) is 5.61. The first kappa shape index (κ1) is 13.0. The highest BCUT2D eigenvalue weighted by molar-refractivity contribution is 5.02. The van der Waals surface area contributed by atoms with Crippen LogP contribution in [0.15, 0.2) is 24.3 Å². The maximum atomic E-state index is 8.23. The van der Waals surface area contributed by atoms with Crippen LogP contribution in [0, 0.1) is 11.3 Å². The van der Waals surface area contributed by atoms with Gasteiger partial charge in [-0.1, -0.05) is 44.4 Å². The van der Waals surface area contributed by atoms with Gasteiger partial charge in [-0.05, 0) is 25.7 Å². The number of hydrogen-bond donors (Lipinski definition) is 0. The SMILES string of the molecule is CCCCCC/C=C/CC/C=C/C#N. The second-order valence-corrected chi connectivity index (χ2v) is 3.43. The van der Waals surface area contributed by atoms with Crippen molar-refractivity contribution in [2.45, 2.75) is 51.9 Å². The molecule has 0 N–H and O–H groups in total. The van der Waals surface area contributed by atoms with Crippen molar-refractivity contribution in [3.05, 3.63) is 24.3 Å². The molecule has 0 aromatic rings. The van der Waals surface area contributed by atoms with E-state index in [4.69, 9.17) is 5.26 Å². The Kier molecular flexibility index (Phi) is 11.1. The van der Waals surface area contributed by atoms with E-state index in [0.29, 0.717) is 0 Å². The summed E-state index contributed by atoms with van der Waals surface area (Å²) < 4.78 is 0. The van der Waals surface area contributed by atoms with Crippen LogP contribution in [0.2, 0.25) is 0 Å². The summed E-state index contributed by atoms with van der Waals surface area (Å²) in [5, 5.41) is 8.23. The van der Waals surface area contributed by atoms with Crippen LogP contribution in [0.25, 0.3) is 0 Å². The fourth-order valence-electron chi connectivity index (χ4n) is 1.25. The van der Waals surface area contributed by atoms with Crippen LogP contribution in [0.3, 0.4) is 0 Å². The number of hydrogen-bond acceptors (Lipinski definition) is 1. The second kappa shape index (κ2) is 12.0. The first-order valence-electron chi connectivity index (χ1n) is 5.61. The van der Waals surface area contributed by atoms with Gasteiger partial charge in [-0.2, -0.15) is 5.26 Å². The third-order valence-electron chi connectivity index (χ3n) is 2.08. The molecule has 0 radical (unpaired) electrons. The van der Waals surface area contributed by atoms with Gasteiger partial charge in [0.05, 0.1) is 6.07 Å². The van der Waals surface area contributed by atoms with Crippen molar-refractivity contribution in [1.29, 1.82) is 5.26 Å². The van der Waals surface area contributed by atoms with Crippen molar-refractivity contribution in [3.63, 3.8) is 0 Å².